The van der Waals surface area contributed by atoms with E-state index in [1.54, 1.807) is 24.7 Å². The van der Waals surface area contributed by atoms with Crippen molar-refractivity contribution in [2.45, 2.75) is 39.3 Å². The maximum atomic E-state index is 13.5. The fourth-order valence-electron chi connectivity index (χ4n) is 4.07. The maximum absolute atomic E-state index is 13.5. The molecule has 0 amide bonds. The number of fused-ring (bicyclic) bond motifs is 3. The van der Waals surface area contributed by atoms with Gasteiger partial charge in [-0.3, -0.25) is 4.57 Å². The molecule has 0 saturated heterocycles. The molecule has 1 aliphatic rings. The van der Waals surface area contributed by atoms with Gasteiger partial charge >= 0.3 is 0 Å². The largest absolute Gasteiger partial charge is 0.342 e. The van der Waals surface area contributed by atoms with Gasteiger partial charge in [0.15, 0.2) is 22.5 Å². The highest BCUT2D eigenvalue weighted by Gasteiger charge is 2.35. The molecule has 0 N–H and O–H groups in total. The smallest absolute Gasteiger partial charge is 0.195 e. The van der Waals surface area contributed by atoms with Crippen LogP contribution in [0.5, 0.6) is 0 Å². The second kappa shape index (κ2) is 7.76. The molecule has 10 heteroatoms. The first-order valence-corrected chi connectivity index (χ1v) is 11.1. The minimum absolute atomic E-state index is 0.0282. The van der Waals surface area contributed by atoms with E-state index >= 15 is 0 Å². The predicted octanol–water partition coefficient (Wildman–Crippen LogP) is 4.54. The van der Waals surface area contributed by atoms with Gasteiger partial charge < -0.3 is 4.90 Å². The van der Waals surface area contributed by atoms with Crippen LogP contribution in [0.4, 0.5) is 10.2 Å². The summed E-state index contributed by atoms with van der Waals surface area (Å²) < 4.78 is 15.4. The topological polar surface area (TPSA) is 96.4 Å². The molecule has 0 fully saturated rings. The van der Waals surface area contributed by atoms with E-state index in [4.69, 9.17) is 4.98 Å². The minimum Gasteiger partial charge on any atom is -0.342 e. The highest BCUT2D eigenvalue weighted by molar-refractivity contribution is 7.16. The van der Waals surface area contributed by atoms with Crippen LogP contribution in [0.3, 0.4) is 0 Å². The zero-order chi connectivity index (χ0) is 22.4. The monoisotopic (exact) mass is 446 g/mol. The minimum atomic E-state index is -0.334. The van der Waals surface area contributed by atoms with Crippen molar-refractivity contribution in [1.29, 1.82) is 5.26 Å². The Labute approximate surface area is 188 Å². The van der Waals surface area contributed by atoms with Gasteiger partial charge in [-0.05, 0) is 44.5 Å². The van der Waals surface area contributed by atoms with E-state index in [1.165, 1.54) is 23.5 Å². The summed E-state index contributed by atoms with van der Waals surface area (Å²) in [5, 5.41) is 18.2. The number of hydrogen-bond donors (Lipinski definition) is 0. The molecule has 32 heavy (non-hydrogen) atoms. The third-order valence-electron chi connectivity index (χ3n) is 5.45. The average Bonchev–Trinajstić information content (AvgIpc) is 3.45. The molecule has 0 radical (unpaired) electrons. The van der Waals surface area contributed by atoms with Crippen molar-refractivity contribution < 1.29 is 4.39 Å². The van der Waals surface area contributed by atoms with Crippen molar-refractivity contribution in [3.63, 3.8) is 0 Å². The molecule has 0 spiro atoms. The zero-order valence-electron chi connectivity index (χ0n) is 17.7. The van der Waals surface area contributed by atoms with E-state index in [9.17, 15) is 9.65 Å². The molecule has 0 aliphatic carbocycles. The Morgan fingerprint density at radius 3 is 2.69 bits per heavy atom. The molecule has 1 aliphatic heterocycles. The Morgan fingerprint density at radius 1 is 1.22 bits per heavy atom. The normalized spacial score (nSPS) is 14.9. The summed E-state index contributed by atoms with van der Waals surface area (Å²) in [6, 6.07) is 8.33. The van der Waals surface area contributed by atoms with E-state index in [2.05, 4.69) is 51.9 Å². The lowest BCUT2D eigenvalue weighted by atomic mass is 10.1. The Morgan fingerprint density at radius 2 is 2.00 bits per heavy atom. The second-order valence-electron chi connectivity index (χ2n) is 7.70. The molecular weight excluding hydrogens is 427 g/mol. The van der Waals surface area contributed by atoms with E-state index in [-0.39, 0.29) is 17.9 Å². The van der Waals surface area contributed by atoms with Crippen LogP contribution in [0.1, 0.15) is 44.1 Å². The molecule has 8 nitrogen and oxygen atoms in total. The van der Waals surface area contributed by atoms with Crippen LogP contribution < -0.4 is 4.90 Å². The predicted molar refractivity (Wildman–Crippen MR) is 119 cm³/mol. The summed E-state index contributed by atoms with van der Waals surface area (Å²) in [6.45, 7) is 6.34. The first-order valence-electron chi connectivity index (χ1n) is 10.2. The van der Waals surface area contributed by atoms with Gasteiger partial charge in [-0.25, -0.2) is 19.3 Å². The number of benzene rings is 1. The molecule has 1 atom stereocenters. The van der Waals surface area contributed by atoms with Gasteiger partial charge in [0.2, 0.25) is 0 Å². The van der Waals surface area contributed by atoms with E-state index in [0.29, 0.717) is 27.0 Å². The van der Waals surface area contributed by atoms with Crippen LogP contribution >= 0.6 is 11.3 Å². The average molecular weight is 447 g/mol. The number of aromatic nitrogens is 6. The molecule has 4 heterocycles. The number of anilines is 1. The molecule has 160 valence electrons. The van der Waals surface area contributed by atoms with Crippen molar-refractivity contribution in [2.75, 3.05) is 4.90 Å². The SMILES string of the molecule is CC[C@@H]1c2nncn2-c2cnc(-c3sc(C#N)nc3-c3ccc(F)cc3)nc2N1C(C)C. The van der Waals surface area contributed by atoms with E-state index < -0.39 is 0 Å². The molecular formula is C22H19FN8S. The highest BCUT2D eigenvalue weighted by atomic mass is 32.1. The van der Waals surface area contributed by atoms with Crippen LogP contribution in [0.2, 0.25) is 0 Å². The summed E-state index contributed by atoms with van der Waals surface area (Å²) in [5.41, 5.74) is 2.07. The zero-order valence-corrected chi connectivity index (χ0v) is 18.5. The van der Waals surface area contributed by atoms with Crippen LogP contribution in [-0.4, -0.2) is 35.8 Å². The second-order valence-corrected chi connectivity index (χ2v) is 8.70. The lowest BCUT2D eigenvalue weighted by Crippen LogP contribution is -2.40. The summed E-state index contributed by atoms with van der Waals surface area (Å²) in [7, 11) is 0. The van der Waals surface area contributed by atoms with Gasteiger partial charge in [0.25, 0.3) is 0 Å². The van der Waals surface area contributed by atoms with Crippen molar-refractivity contribution in [3.05, 3.63) is 53.4 Å². The molecule has 3 aromatic heterocycles. The molecule has 0 unspecified atom stereocenters. The third kappa shape index (κ3) is 3.13. The fraction of sp³-hybridized carbons (Fsp3) is 0.273. The van der Waals surface area contributed by atoms with Crippen LogP contribution in [0.15, 0.2) is 36.8 Å². The molecule has 1 aromatic carbocycles. The van der Waals surface area contributed by atoms with Gasteiger partial charge in [-0.1, -0.05) is 18.3 Å². The first-order chi connectivity index (χ1) is 15.5. The van der Waals surface area contributed by atoms with Gasteiger partial charge in [0.1, 0.15) is 28.8 Å². The molecule has 5 rings (SSSR count). The Bertz CT molecular complexity index is 1330. The number of nitrogens with zero attached hydrogens (tertiary/aromatic N) is 8. The third-order valence-corrected chi connectivity index (χ3v) is 6.40. The summed E-state index contributed by atoms with van der Waals surface area (Å²) in [6.07, 6.45) is 4.28. The van der Waals surface area contributed by atoms with E-state index in [0.717, 1.165) is 23.8 Å². The Hall–Kier alpha value is -3.71. The number of thiazole rings is 1. The van der Waals surface area contributed by atoms with Crippen LogP contribution in [-0.2, 0) is 0 Å². The lowest BCUT2D eigenvalue weighted by molar-refractivity contribution is 0.497. The summed E-state index contributed by atoms with van der Waals surface area (Å²) in [4.78, 5) is 16.9. The number of hydrogen-bond acceptors (Lipinski definition) is 8. The van der Waals surface area contributed by atoms with Crippen molar-refractivity contribution >= 4 is 17.2 Å². The molecule has 0 saturated carbocycles. The van der Waals surface area contributed by atoms with Gasteiger partial charge in [-0.15, -0.1) is 10.2 Å². The standard InChI is InChI=1S/C22H19FN8S/c1-4-15-22-29-26-11-30(22)16-10-25-20(28-21(16)31(15)12(2)3)19-18(27-17(9-24)32-19)13-5-7-14(23)8-6-13/h5-8,10-12,15H,4H2,1-3H3/t15-/m1/s1. The van der Waals surface area contributed by atoms with Crippen molar-refractivity contribution in [3.8, 4) is 33.7 Å². The summed E-state index contributed by atoms with van der Waals surface area (Å²) in [5.74, 6) is 1.78. The first kappa shape index (κ1) is 20.2. The maximum Gasteiger partial charge on any atom is 0.195 e. The number of halogens is 1. The van der Waals surface area contributed by atoms with Gasteiger partial charge in [0, 0.05) is 11.6 Å². The molecule has 4 aromatic rings. The molecule has 0 bridgehead atoms. The number of rotatable bonds is 4. The fourth-order valence-corrected chi connectivity index (χ4v) is 4.90. The highest BCUT2D eigenvalue weighted by Crippen LogP contribution is 2.41. The van der Waals surface area contributed by atoms with E-state index in [1.807, 2.05) is 4.57 Å². The quantitative estimate of drug-likeness (QED) is 0.454. The number of nitriles is 1. The van der Waals surface area contributed by atoms with Crippen molar-refractivity contribution in [1.82, 2.24) is 29.7 Å². The Kier molecular flexibility index (Phi) is 4.90. The lowest BCUT2D eigenvalue weighted by Gasteiger charge is -2.39. The Balaban J connectivity index is 1.70. The van der Waals surface area contributed by atoms with Crippen molar-refractivity contribution in [2.24, 2.45) is 0 Å². The van der Waals surface area contributed by atoms with Gasteiger partial charge in [0.05, 0.1) is 17.9 Å². The van der Waals surface area contributed by atoms with Gasteiger partial charge in [-0.2, -0.15) is 5.26 Å². The van der Waals surface area contributed by atoms with Crippen LogP contribution in [0, 0.1) is 17.1 Å². The van der Waals surface area contributed by atoms with Crippen LogP contribution in [0.25, 0.3) is 27.6 Å². The summed E-state index contributed by atoms with van der Waals surface area (Å²) >= 11 is 1.22.